The van der Waals surface area contributed by atoms with Crippen molar-refractivity contribution in [2.24, 2.45) is 0 Å². The molecule has 0 amide bonds. The largest absolute Gasteiger partial charge is 0.504 e. The number of pyridine rings is 1. The van der Waals surface area contributed by atoms with E-state index in [9.17, 15) is 5.11 Å². The van der Waals surface area contributed by atoms with Gasteiger partial charge in [-0.05, 0) is 42.0 Å². The molecule has 0 aliphatic rings. The van der Waals surface area contributed by atoms with Gasteiger partial charge in [0.15, 0.2) is 17.1 Å². The predicted octanol–water partition coefficient (Wildman–Crippen LogP) is 3.17. The fourth-order valence-electron chi connectivity index (χ4n) is 2.61. The molecule has 3 heterocycles. The maximum absolute atomic E-state index is 9.74. The van der Waals surface area contributed by atoms with E-state index in [2.05, 4.69) is 15.1 Å². The van der Waals surface area contributed by atoms with Gasteiger partial charge >= 0.3 is 0 Å². The van der Waals surface area contributed by atoms with Crippen molar-refractivity contribution in [1.82, 2.24) is 19.6 Å². The molecule has 24 heavy (non-hydrogen) atoms. The van der Waals surface area contributed by atoms with Crippen LogP contribution in [0, 0.1) is 0 Å². The van der Waals surface area contributed by atoms with E-state index in [1.54, 1.807) is 47.5 Å². The summed E-state index contributed by atoms with van der Waals surface area (Å²) in [6, 6.07) is 11.0. The number of rotatable bonds is 3. The summed E-state index contributed by atoms with van der Waals surface area (Å²) in [5.74, 6) is 0.513. The number of imidazole rings is 1. The Morgan fingerprint density at radius 3 is 2.58 bits per heavy atom. The second kappa shape index (κ2) is 5.66. The van der Waals surface area contributed by atoms with E-state index in [4.69, 9.17) is 4.74 Å². The molecule has 6 heteroatoms. The Labute approximate surface area is 138 Å². The van der Waals surface area contributed by atoms with Gasteiger partial charge in [-0.3, -0.25) is 4.98 Å². The Morgan fingerprint density at radius 2 is 1.79 bits per heavy atom. The van der Waals surface area contributed by atoms with Gasteiger partial charge in [0.25, 0.3) is 0 Å². The average molecular weight is 318 g/mol. The average Bonchev–Trinajstić information content (AvgIpc) is 3.06. The van der Waals surface area contributed by atoms with Gasteiger partial charge in [0.2, 0.25) is 0 Å². The number of hydrogen-bond donors (Lipinski definition) is 1. The van der Waals surface area contributed by atoms with Crippen LogP contribution in [0.3, 0.4) is 0 Å². The number of ether oxygens (including phenoxy) is 1. The third-order valence-corrected chi connectivity index (χ3v) is 3.85. The number of methoxy groups -OCH3 is 1. The second-order valence-electron chi connectivity index (χ2n) is 5.28. The van der Waals surface area contributed by atoms with Crippen LogP contribution in [-0.2, 0) is 0 Å². The number of phenolic OH excluding ortho intramolecular Hbond substituents is 1. The van der Waals surface area contributed by atoms with Gasteiger partial charge in [-0.25, -0.2) is 9.50 Å². The molecule has 0 aliphatic heterocycles. The highest BCUT2D eigenvalue weighted by Gasteiger charge is 2.11. The molecule has 3 aromatic heterocycles. The molecule has 0 aliphatic carbocycles. The fourth-order valence-corrected chi connectivity index (χ4v) is 2.61. The van der Waals surface area contributed by atoms with Gasteiger partial charge in [-0.1, -0.05) is 0 Å². The summed E-state index contributed by atoms with van der Waals surface area (Å²) in [7, 11) is 1.52. The number of aromatic nitrogens is 4. The maximum Gasteiger partial charge on any atom is 0.161 e. The molecule has 1 aromatic carbocycles. The maximum atomic E-state index is 9.74. The predicted molar refractivity (Wildman–Crippen MR) is 89.9 cm³/mol. The second-order valence-corrected chi connectivity index (χ2v) is 5.28. The summed E-state index contributed by atoms with van der Waals surface area (Å²) in [6.45, 7) is 0. The Hall–Kier alpha value is -3.41. The SMILES string of the molecule is COc1cc(-c2cnc3cc(-c4ccncc4)cnn23)ccc1O. The van der Waals surface area contributed by atoms with Crippen LogP contribution in [0.15, 0.2) is 61.2 Å². The minimum absolute atomic E-state index is 0.100. The van der Waals surface area contributed by atoms with Crippen molar-refractivity contribution in [1.29, 1.82) is 0 Å². The zero-order valence-corrected chi connectivity index (χ0v) is 12.9. The van der Waals surface area contributed by atoms with E-state index >= 15 is 0 Å². The Bertz CT molecular complexity index is 1010. The minimum atomic E-state index is 0.100. The van der Waals surface area contributed by atoms with Gasteiger partial charge in [-0.15, -0.1) is 0 Å². The van der Waals surface area contributed by atoms with Crippen molar-refractivity contribution in [3.8, 4) is 33.9 Å². The van der Waals surface area contributed by atoms with Crippen LogP contribution in [0.25, 0.3) is 28.0 Å². The Morgan fingerprint density at radius 1 is 0.958 bits per heavy atom. The lowest BCUT2D eigenvalue weighted by Gasteiger charge is -2.07. The molecule has 0 radical (unpaired) electrons. The summed E-state index contributed by atoms with van der Waals surface area (Å²) in [5.41, 5.74) is 4.44. The monoisotopic (exact) mass is 318 g/mol. The molecule has 118 valence electrons. The molecule has 0 atom stereocenters. The lowest BCUT2D eigenvalue weighted by atomic mass is 10.1. The van der Waals surface area contributed by atoms with Crippen LogP contribution in [0.1, 0.15) is 0 Å². The molecule has 0 spiro atoms. The van der Waals surface area contributed by atoms with Crippen molar-refractivity contribution in [2.75, 3.05) is 7.11 Å². The topological polar surface area (TPSA) is 72.5 Å². The van der Waals surface area contributed by atoms with Crippen LogP contribution in [-0.4, -0.2) is 31.8 Å². The highest BCUT2D eigenvalue weighted by atomic mass is 16.5. The minimum Gasteiger partial charge on any atom is -0.504 e. The molecule has 4 rings (SSSR count). The Balaban J connectivity index is 1.81. The molecule has 6 nitrogen and oxygen atoms in total. The first kappa shape index (κ1) is 14.2. The molecule has 0 unspecified atom stereocenters. The van der Waals surface area contributed by atoms with Crippen LogP contribution in [0.4, 0.5) is 0 Å². The molecule has 4 aromatic rings. The first-order valence-electron chi connectivity index (χ1n) is 7.38. The summed E-state index contributed by atoms with van der Waals surface area (Å²) in [4.78, 5) is 8.47. The zero-order chi connectivity index (χ0) is 16.5. The van der Waals surface area contributed by atoms with E-state index in [1.165, 1.54) is 7.11 Å². The lowest BCUT2D eigenvalue weighted by molar-refractivity contribution is 0.373. The van der Waals surface area contributed by atoms with Gasteiger partial charge in [0, 0.05) is 23.5 Å². The molecule has 0 fully saturated rings. The number of nitrogens with zero attached hydrogens (tertiary/aromatic N) is 4. The van der Waals surface area contributed by atoms with Gasteiger partial charge in [-0.2, -0.15) is 5.10 Å². The van der Waals surface area contributed by atoms with Gasteiger partial charge < -0.3 is 9.84 Å². The molecular weight excluding hydrogens is 304 g/mol. The third-order valence-electron chi connectivity index (χ3n) is 3.85. The van der Waals surface area contributed by atoms with E-state index in [-0.39, 0.29) is 5.75 Å². The first-order valence-corrected chi connectivity index (χ1v) is 7.38. The molecule has 0 saturated heterocycles. The summed E-state index contributed by atoms with van der Waals surface area (Å²) < 4.78 is 6.93. The van der Waals surface area contributed by atoms with Crippen molar-refractivity contribution < 1.29 is 9.84 Å². The number of phenols is 1. The third kappa shape index (κ3) is 2.34. The lowest BCUT2D eigenvalue weighted by Crippen LogP contribution is -1.95. The van der Waals surface area contributed by atoms with E-state index in [1.807, 2.05) is 18.2 Å². The molecule has 0 bridgehead atoms. The fraction of sp³-hybridized carbons (Fsp3) is 0.0556. The first-order chi connectivity index (χ1) is 11.8. The van der Waals surface area contributed by atoms with Crippen molar-refractivity contribution in [2.45, 2.75) is 0 Å². The van der Waals surface area contributed by atoms with E-state index in [0.717, 1.165) is 28.0 Å². The summed E-state index contributed by atoms with van der Waals surface area (Å²) in [5, 5.41) is 14.2. The Kier molecular flexibility index (Phi) is 3.35. The quantitative estimate of drug-likeness (QED) is 0.628. The van der Waals surface area contributed by atoms with Crippen molar-refractivity contribution in [3.63, 3.8) is 0 Å². The molecular formula is C18H14N4O2. The summed E-state index contributed by atoms with van der Waals surface area (Å²) in [6.07, 6.45) is 7.05. The highest BCUT2D eigenvalue weighted by Crippen LogP contribution is 2.31. The van der Waals surface area contributed by atoms with E-state index in [0.29, 0.717) is 5.75 Å². The summed E-state index contributed by atoms with van der Waals surface area (Å²) >= 11 is 0. The smallest absolute Gasteiger partial charge is 0.161 e. The number of aromatic hydroxyl groups is 1. The number of hydrogen-bond acceptors (Lipinski definition) is 5. The number of benzene rings is 1. The standard InChI is InChI=1S/C18H14N4O2/c1-24-17-8-13(2-3-16(17)23)15-11-20-18-9-14(10-21-22(15)18)12-4-6-19-7-5-12/h2-11,23H,1H3. The van der Waals surface area contributed by atoms with Crippen LogP contribution < -0.4 is 4.74 Å². The molecule has 1 N–H and O–H groups in total. The van der Waals surface area contributed by atoms with Crippen molar-refractivity contribution >= 4 is 5.65 Å². The van der Waals surface area contributed by atoms with Crippen LogP contribution in [0.5, 0.6) is 11.5 Å². The zero-order valence-electron chi connectivity index (χ0n) is 12.9. The van der Waals surface area contributed by atoms with Crippen LogP contribution in [0.2, 0.25) is 0 Å². The van der Waals surface area contributed by atoms with Crippen molar-refractivity contribution in [3.05, 3.63) is 61.2 Å². The molecule has 0 saturated carbocycles. The van der Waals surface area contributed by atoms with Gasteiger partial charge in [0.1, 0.15) is 0 Å². The normalized spacial score (nSPS) is 10.9. The highest BCUT2D eigenvalue weighted by molar-refractivity contribution is 5.70. The van der Waals surface area contributed by atoms with Crippen LogP contribution >= 0.6 is 0 Å². The van der Waals surface area contributed by atoms with E-state index < -0.39 is 0 Å². The van der Waals surface area contributed by atoms with Gasteiger partial charge in [0.05, 0.1) is 25.2 Å². The number of fused-ring (bicyclic) bond motifs is 1.